The summed E-state index contributed by atoms with van der Waals surface area (Å²) in [6, 6.07) is 7.05. The molecule has 1 aromatic carbocycles. The van der Waals surface area contributed by atoms with Crippen molar-refractivity contribution in [2.45, 2.75) is 38.5 Å². The van der Waals surface area contributed by atoms with Crippen LogP contribution in [0.2, 0.25) is 0 Å². The summed E-state index contributed by atoms with van der Waals surface area (Å²) in [5.41, 5.74) is 1.91. The average molecular weight is 391 g/mol. The molecule has 27 heavy (non-hydrogen) atoms. The van der Waals surface area contributed by atoms with Gasteiger partial charge in [-0.1, -0.05) is 17.3 Å². The number of hydrogen-bond acceptors (Lipinski definition) is 5. The van der Waals surface area contributed by atoms with Gasteiger partial charge < -0.3 is 9.84 Å². The molecule has 1 fully saturated rings. The summed E-state index contributed by atoms with van der Waals surface area (Å²) in [4.78, 5) is 12.5. The van der Waals surface area contributed by atoms with Crippen molar-refractivity contribution in [1.29, 1.82) is 0 Å². The van der Waals surface area contributed by atoms with Crippen LogP contribution in [-0.4, -0.2) is 43.4 Å². The fraction of sp³-hybridized carbons (Fsp3) is 0.474. The van der Waals surface area contributed by atoms with Crippen molar-refractivity contribution in [2.75, 3.05) is 19.6 Å². The Morgan fingerprint density at radius 2 is 2.07 bits per heavy atom. The number of carbonyl (C=O) groups is 1. The highest BCUT2D eigenvalue weighted by Gasteiger charge is 2.31. The maximum atomic E-state index is 13.1. The molecule has 1 aliphatic heterocycles. The number of benzene rings is 1. The van der Waals surface area contributed by atoms with E-state index in [4.69, 9.17) is 4.52 Å². The lowest BCUT2D eigenvalue weighted by Crippen LogP contribution is -2.43. The Morgan fingerprint density at radius 3 is 2.78 bits per heavy atom. The third kappa shape index (κ3) is 4.39. The van der Waals surface area contributed by atoms with E-state index in [9.17, 15) is 13.2 Å². The van der Waals surface area contributed by atoms with Gasteiger partial charge in [0.2, 0.25) is 10.0 Å². The standard InChI is InChI=1S/C19H25N3O4S/c1-13-6-7-14(2)18(9-13)27(24,25)22-8-4-5-16(12-22)11-20-19(23)17-10-15(3)26-21-17/h6-7,9-10,16H,4-5,8,11-12H2,1-3H3,(H,20,23). The molecule has 0 saturated carbocycles. The quantitative estimate of drug-likeness (QED) is 0.845. The molecule has 3 rings (SSSR count). The number of aromatic nitrogens is 1. The van der Waals surface area contributed by atoms with E-state index in [2.05, 4.69) is 10.5 Å². The summed E-state index contributed by atoms with van der Waals surface area (Å²) in [6.07, 6.45) is 1.64. The van der Waals surface area contributed by atoms with Crippen LogP contribution >= 0.6 is 0 Å². The molecule has 0 spiro atoms. The Labute approximate surface area is 159 Å². The molecule has 8 heteroatoms. The fourth-order valence-corrected chi connectivity index (χ4v) is 5.20. The first-order valence-corrected chi connectivity index (χ1v) is 10.5. The lowest BCUT2D eigenvalue weighted by atomic mass is 10.00. The van der Waals surface area contributed by atoms with Crippen LogP contribution in [0, 0.1) is 26.7 Å². The van der Waals surface area contributed by atoms with Gasteiger partial charge in [-0.2, -0.15) is 4.31 Å². The second-order valence-corrected chi connectivity index (χ2v) is 9.08. The number of hydrogen-bond donors (Lipinski definition) is 1. The SMILES string of the molecule is Cc1ccc(C)c(S(=O)(=O)N2CCCC(CNC(=O)c3cc(C)on3)C2)c1. The average Bonchev–Trinajstić information content (AvgIpc) is 3.08. The van der Waals surface area contributed by atoms with Crippen LogP contribution in [0.25, 0.3) is 0 Å². The van der Waals surface area contributed by atoms with Crippen molar-refractivity contribution < 1.29 is 17.7 Å². The Hall–Kier alpha value is -2.19. The number of piperidine rings is 1. The number of rotatable bonds is 5. The fourth-order valence-electron chi connectivity index (χ4n) is 3.34. The Kier molecular flexibility index (Phi) is 5.67. The van der Waals surface area contributed by atoms with E-state index in [1.54, 1.807) is 19.1 Å². The van der Waals surface area contributed by atoms with Crippen molar-refractivity contribution in [3.63, 3.8) is 0 Å². The van der Waals surface area contributed by atoms with Gasteiger partial charge in [0.1, 0.15) is 5.76 Å². The highest BCUT2D eigenvalue weighted by Crippen LogP contribution is 2.26. The summed E-state index contributed by atoms with van der Waals surface area (Å²) >= 11 is 0. The number of nitrogens with one attached hydrogen (secondary N) is 1. The first kappa shape index (κ1) is 19.6. The minimum absolute atomic E-state index is 0.0654. The molecule has 0 radical (unpaired) electrons. The van der Waals surface area contributed by atoms with Crippen LogP contribution in [0.3, 0.4) is 0 Å². The zero-order valence-corrected chi connectivity index (χ0v) is 16.7. The molecule has 0 bridgehead atoms. The Morgan fingerprint density at radius 1 is 1.30 bits per heavy atom. The maximum absolute atomic E-state index is 13.1. The van der Waals surface area contributed by atoms with E-state index in [-0.39, 0.29) is 17.5 Å². The number of carbonyl (C=O) groups excluding carboxylic acids is 1. The van der Waals surface area contributed by atoms with Crippen LogP contribution in [0.1, 0.15) is 40.2 Å². The van der Waals surface area contributed by atoms with Gasteiger partial charge in [-0.25, -0.2) is 8.42 Å². The molecule has 7 nitrogen and oxygen atoms in total. The number of sulfonamides is 1. The second-order valence-electron chi connectivity index (χ2n) is 7.17. The van der Waals surface area contributed by atoms with E-state index < -0.39 is 10.0 Å². The minimum atomic E-state index is -3.54. The lowest BCUT2D eigenvalue weighted by molar-refractivity contribution is 0.0932. The maximum Gasteiger partial charge on any atom is 0.273 e. The molecule has 2 aromatic rings. The zero-order chi connectivity index (χ0) is 19.6. The monoisotopic (exact) mass is 391 g/mol. The third-order valence-corrected chi connectivity index (χ3v) is 6.86. The molecule has 146 valence electrons. The van der Waals surface area contributed by atoms with Gasteiger partial charge in [-0.15, -0.1) is 0 Å². The summed E-state index contributed by atoms with van der Waals surface area (Å²) in [7, 11) is -3.54. The second kappa shape index (κ2) is 7.82. The third-order valence-electron chi connectivity index (χ3n) is 4.86. The predicted molar refractivity (Wildman–Crippen MR) is 101 cm³/mol. The van der Waals surface area contributed by atoms with Crippen molar-refractivity contribution in [2.24, 2.45) is 5.92 Å². The first-order chi connectivity index (χ1) is 12.8. The van der Waals surface area contributed by atoms with Crippen molar-refractivity contribution >= 4 is 15.9 Å². The van der Waals surface area contributed by atoms with Gasteiger partial charge in [0.25, 0.3) is 5.91 Å². The van der Waals surface area contributed by atoms with Crippen LogP contribution in [0.4, 0.5) is 0 Å². The zero-order valence-electron chi connectivity index (χ0n) is 15.9. The number of nitrogens with zero attached hydrogens (tertiary/aromatic N) is 2. The van der Waals surface area contributed by atoms with Gasteiger partial charge in [0, 0.05) is 25.7 Å². The molecule has 1 N–H and O–H groups in total. The van der Waals surface area contributed by atoms with E-state index >= 15 is 0 Å². The molecule has 1 unspecified atom stereocenters. The van der Waals surface area contributed by atoms with E-state index in [0.29, 0.717) is 30.3 Å². The number of amides is 1. The first-order valence-electron chi connectivity index (χ1n) is 9.06. The molecule has 2 heterocycles. The van der Waals surface area contributed by atoms with Crippen molar-refractivity contribution in [3.8, 4) is 0 Å². The van der Waals surface area contributed by atoms with Gasteiger partial charge in [-0.3, -0.25) is 4.79 Å². The van der Waals surface area contributed by atoms with Crippen LogP contribution < -0.4 is 5.32 Å². The molecule has 1 atom stereocenters. The molecule has 1 aromatic heterocycles. The molecule has 1 aliphatic rings. The predicted octanol–water partition coefficient (Wildman–Crippen LogP) is 2.43. The largest absolute Gasteiger partial charge is 0.361 e. The molecule has 0 aliphatic carbocycles. The summed E-state index contributed by atoms with van der Waals surface area (Å²) < 4.78 is 32.6. The smallest absolute Gasteiger partial charge is 0.273 e. The Bertz CT molecular complexity index is 936. The van der Waals surface area contributed by atoms with Crippen molar-refractivity contribution in [1.82, 2.24) is 14.8 Å². The Balaban J connectivity index is 1.66. The van der Waals surface area contributed by atoms with Crippen LogP contribution in [-0.2, 0) is 10.0 Å². The minimum Gasteiger partial charge on any atom is -0.361 e. The van der Waals surface area contributed by atoms with Gasteiger partial charge in [-0.05, 0) is 56.7 Å². The van der Waals surface area contributed by atoms with E-state index in [0.717, 1.165) is 24.0 Å². The highest BCUT2D eigenvalue weighted by molar-refractivity contribution is 7.89. The van der Waals surface area contributed by atoms with Crippen LogP contribution in [0.5, 0.6) is 0 Å². The molecular formula is C19H25N3O4S. The molecule has 1 amide bonds. The normalized spacial score (nSPS) is 18.4. The number of aryl methyl sites for hydroxylation is 3. The van der Waals surface area contributed by atoms with E-state index in [1.165, 1.54) is 4.31 Å². The van der Waals surface area contributed by atoms with Gasteiger partial charge in [0.05, 0.1) is 4.90 Å². The van der Waals surface area contributed by atoms with E-state index in [1.807, 2.05) is 26.0 Å². The highest BCUT2D eigenvalue weighted by atomic mass is 32.2. The summed E-state index contributed by atoms with van der Waals surface area (Å²) in [6.45, 7) is 6.73. The van der Waals surface area contributed by atoms with Crippen LogP contribution in [0.15, 0.2) is 33.7 Å². The van der Waals surface area contributed by atoms with Gasteiger partial charge >= 0.3 is 0 Å². The van der Waals surface area contributed by atoms with Crippen molar-refractivity contribution in [3.05, 3.63) is 46.8 Å². The van der Waals surface area contributed by atoms with Gasteiger partial charge in [0.15, 0.2) is 5.69 Å². The molecular weight excluding hydrogens is 366 g/mol. The lowest BCUT2D eigenvalue weighted by Gasteiger charge is -2.32. The molecule has 1 saturated heterocycles. The topological polar surface area (TPSA) is 92.5 Å². The summed E-state index contributed by atoms with van der Waals surface area (Å²) in [5, 5.41) is 6.53. The summed E-state index contributed by atoms with van der Waals surface area (Å²) in [5.74, 6) is 0.334.